The van der Waals surface area contributed by atoms with Gasteiger partial charge in [0, 0.05) is 0 Å². The molecule has 16 heavy (non-hydrogen) atoms. The third kappa shape index (κ3) is 2.30. The Kier molecular flexibility index (Phi) is 3.98. The average molecular weight is 286 g/mol. The lowest BCUT2D eigenvalue weighted by Crippen LogP contribution is -2.35. The predicted molar refractivity (Wildman–Crippen MR) is 68.1 cm³/mol. The molecule has 0 aromatic heterocycles. The highest BCUT2D eigenvalue weighted by atomic mass is 79.9. The molecule has 2 atom stereocenters. The molecule has 0 spiro atoms. The van der Waals surface area contributed by atoms with Crippen molar-refractivity contribution in [1.82, 2.24) is 5.32 Å². The van der Waals surface area contributed by atoms with Gasteiger partial charge in [0.25, 0.3) is 0 Å². The zero-order valence-corrected chi connectivity index (χ0v) is 11.1. The molecule has 1 heterocycles. The standard InChI is InChI=1S/C13H17BrFN/c1-2-9-8-16-7-6-10(9)11-4-3-5-12(14)13(11)15/h3-5,9-10,16H,2,6-8H2,1H3. The Bertz CT molecular complexity index is 367. The van der Waals surface area contributed by atoms with Gasteiger partial charge >= 0.3 is 0 Å². The Morgan fingerprint density at radius 1 is 1.50 bits per heavy atom. The highest BCUT2D eigenvalue weighted by Gasteiger charge is 2.27. The van der Waals surface area contributed by atoms with Crippen LogP contribution in [-0.4, -0.2) is 13.1 Å². The molecule has 0 amide bonds. The number of benzene rings is 1. The first kappa shape index (κ1) is 12.1. The van der Waals surface area contributed by atoms with Crippen molar-refractivity contribution in [2.45, 2.75) is 25.7 Å². The highest BCUT2D eigenvalue weighted by molar-refractivity contribution is 9.10. The van der Waals surface area contributed by atoms with Crippen molar-refractivity contribution >= 4 is 15.9 Å². The Morgan fingerprint density at radius 3 is 3.06 bits per heavy atom. The molecule has 0 aliphatic carbocycles. The van der Waals surface area contributed by atoms with E-state index in [1.165, 1.54) is 0 Å². The van der Waals surface area contributed by atoms with E-state index in [0.29, 0.717) is 16.3 Å². The van der Waals surface area contributed by atoms with E-state index >= 15 is 0 Å². The molecule has 1 aromatic rings. The van der Waals surface area contributed by atoms with Crippen LogP contribution in [0, 0.1) is 11.7 Å². The summed E-state index contributed by atoms with van der Waals surface area (Å²) >= 11 is 3.26. The van der Waals surface area contributed by atoms with Crippen LogP contribution in [0.2, 0.25) is 0 Å². The molecule has 1 saturated heterocycles. The van der Waals surface area contributed by atoms with Gasteiger partial charge in [0.1, 0.15) is 5.82 Å². The summed E-state index contributed by atoms with van der Waals surface area (Å²) in [4.78, 5) is 0. The van der Waals surface area contributed by atoms with Gasteiger partial charge in [0.05, 0.1) is 4.47 Å². The molecule has 3 heteroatoms. The van der Waals surface area contributed by atoms with Crippen LogP contribution in [-0.2, 0) is 0 Å². The van der Waals surface area contributed by atoms with E-state index in [4.69, 9.17) is 0 Å². The van der Waals surface area contributed by atoms with Crippen LogP contribution in [0.1, 0.15) is 31.2 Å². The second-order valence-electron chi connectivity index (χ2n) is 4.41. The molecular weight excluding hydrogens is 269 g/mol. The van der Waals surface area contributed by atoms with E-state index in [2.05, 4.69) is 28.2 Å². The molecule has 0 bridgehead atoms. The highest BCUT2D eigenvalue weighted by Crippen LogP contribution is 2.35. The quantitative estimate of drug-likeness (QED) is 0.874. The fourth-order valence-electron chi connectivity index (χ4n) is 2.57. The van der Waals surface area contributed by atoms with Gasteiger partial charge in [0.2, 0.25) is 0 Å². The van der Waals surface area contributed by atoms with Crippen molar-refractivity contribution in [3.05, 3.63) is 34.1 Å². The smallest absolute Gasteiger partial charge is 0.140 e. The predicted octanol–water partition coefficient (Wildman–Crippen LogP) is 3.69. The molecule has 1 nitrogen and oxygen atoms in total. The summed E-state index contributed by atoms with van der Waals surface area (Å²) in [6.07, 6.45) is 2.13. The first-order valence-corrected chi connectivity index (χ1v) is 6.68. The number of nitrogens with one attached hydrogen (secondary N) is 1. The molecule has 1 aromatic carbocycles. The minimum absolute atomic E-state index is 0.0761. The molecule has 0 saturated carbocycles. The number of hydrogen-bond donors (Lipinski definition) is 1. The second-order valence-corrected chi connectivity index (χ2v) is 5.27. The molecule has 88 valence electrons. The van der Waals surface area contributed by atoms with Gasteiger partial charge in [-0.2, -0.15) is 0 Å². The van der Waals surface area contributed by atoms with E-state index in [-0.39, 0.29) is 5.82 Å². The largest absolute Gasteiger partial charge is 0.316 e. The van der Waals surface area contributed by atoms with E-state index in [1.54, 1.807) is 6.07 Å². The van der Waals surface area contributed by atoms with E-state index in [0.717, 1.165) is 31.5 Å². The first-order chi connectivity index (χ1) is 7.74. The Labute approximate surface area is 105 Å². The minimum Gasteiger partial charge on any atom is -0.316 e. The van der Waals surface area contributed by atoms with Crippen molar-refractivity contribution in [2.75, 3.05) is 13.1 Å². The van der Waals surface area contributed by atoms with Gasteiger partial charge in [-0.15, -0.1) is 0 Å². The van der Waals surface area contributed by atoms with Crippen LogP contribution in [0.25, 0.3) is 0 Å². The SMILES string of the molecule is CCC1CNCCC1c1cccc(Br)c1F. The van der Waals surface area contributed by atoms with Crippen LogP contribution in [0.15, 0.2) is 22.7 Å². The summed E-state index contributed by atoms with van der Waals surface area (Å²) in [5.41, 5.74) is 0.878. The number of rotatable bonds is 2. The maximum absolute atomic E-state index is 14.0. The van der Waals surface area contributed by atoms with Crippen molar-refractivity contribution in [1.29, 1.82) is 0 Å². The lowest BCUT2D eigenvalue weighted by atomic mass is 9.79. The van der Waals surface area contributed by atoms with Gasteiger partial charge in [-0.1, -0.05) is 25.5 Å². The number of hydrogen-bond acceptors (Lipinski definition) is 1. The monoisotopic (exact) mass is 285 g/mol. The van der Waals surface area contributed by atoms with Crippen molar-refractivity contribution < 1.29 is 4.39 Å². The van der Waals surface area contributed by atoms with Gasteiger partial charge in [-0.3, -0.25) is 0 Å². The Hall–Kier alpha value is -0.410. The number of piperidine rings is 1. The van der Waals surface area contributed by atoms with E-state index < -0.39 is 0 Å². The van der Waals surface area contributed by atoms with Crippen LogP contribution in [0.4, 0.5) is 4.39 Å². The van der Waals surface area contributed by atoms with Crippen LogP contribution < -0.4 is 5.32 Å². The lowest BCUT2D eigenvalue weighted by molar-refractivity contribution is 0.311. The summed E-state index contributed by atoms with van der Waals surface area (Å²) < 4.78 is 14.6. The zero-order valence-electron chi connectivity index (χ0n) is 9.47. The molecule has 1 N–H and O–H groups in total. The molecule has 1 fully saturated rings. The fourth-order valence-corrected chi connectivity index (χ4v) is 2.95. The van der Waals surface area contributed by atoms with Crippen LogP contribution >= 0.6 is 15.9 Å². The fraction of sp³-hybridized carbons (Fsp3) is 0.538. The molecular formula is C13H17BrFN. The lowest BCUT2D eigenvalue weighted by Gasteiger charge is -2.32. The second kappa shape index (κ2) is 5.28. The topological polar surface area (TPSA) is 12.0 Å². The van der Waals surface area contributed by atoms with Gasteiger partial charge in [-0.25, -0.2) is 4.39 Å². The van der Waals surface area contributed by atoms with Crippen molar-refractivity contribution in [3.63, 3.8) is 0 Å². The van der Waals surface area contributed by atoms with Crippen LogP contribution in [0.5, 0.6) is 0 Å². The average Bonchev–Trinajstić information content (AvgIpc) is 2.33. The first-order valence-electron chi connectivity index (χ1n) is 5.88. The van der Waals surface area contributed by atoms with Crippen LogP contribution in [0.3, 0.4) is 0 Å². The third-order valence-corrected chi connectivity index (χ3v) is 4.13. The summed E-state index contributed by atoms with van der Waals surface area (Å²) in [6, 6.07) is 5.62. The normalized spacial score (nSPS) is 25.7. The van der Waals surface area contributed by atoms with E-state index in [9.17, 15) is 4.39 Å². The Balaban J connectivity index is 2.30. The zero-order chi connectivity index (χ0) is 11.5. The number of halogens is 2. The summed E-state index contributed by atoms with van der Waals surface area (Å²) in [6.45, 7) is 4.18. The van der Waals surface area contributed by atoms with Gasteiger partial charge < -0.3 is 5.32 Å². The van der Waals surface area contributed by atoms with Gasteiger partial charge in [-0.05, 0) is 58.9 Å². The molecule has 1 aliphatic rings. The molecule has 2 unspecified atom stereocenters. The summed E-state index contributed by atoms with van der Waals surface area (Å²) in [5, 5.41) is 3.39. The maximum atomic E-state index is 14.0. The van der Waals surface area contributed by atoms with Crippen molar-refractivity contribution in [3.8, 4) is 0 Å². The van der Waals surface area contributed by atoms with Gasteiger partial charge in [0.15, 0.2) is 0 Å². The maximum Gasteiger partial charge on any atom is 0.140 e. The third-order valence-electron chi connectivity index (χ3n) is 3.51. The summed E-state index contributed by atoms with van der Waals surface area (Å²) in [5.74, 6) is 0.842. The molecule has 0 radical (unpaired) electrons. The van der Waals surface area contributed by atoms with E-state index in [1.807, 2.05) is 12.1 Å². The molecule has 2 rings (SSSR count). The minimum atomic E-state index is -0.0761. The molecule has 1 aliphatic heterocycles. The Morgan fingerprint density at radius 2 is 2.31 bits per heavy atom. The van der Waals surface area contributed by atoms with Crippen molar-refractivity contribution in [2.24, 2.45) is 5.92 Å². The summed E-state index contributed by atoms with van der Waals surface area (Å²) in [7, 11) is 0.